The van der Waals surface area contributed by atoms with E-state index in [-0.39, 0.29) is 29.2 Å². The SMILES string of the molecule is CN(C)Nc1nc(Nc2ccc3c(c2)OCO3)nc2ccccc12.CN1CCN(c2nc(NC3CCCC3)c3ccccc3n2)CC1.Cc1ccc(S(=O)(=O)Cc2csc(Nc3nc(NC4c5ccccc5CC4O)c4ccccc4n3)n2)cc1.Oc1ccccc1Nc1nc(NC2CCCC2)c2ccccc2n1. The molecule has 1 saturated heterocycles. The Bertz CT molecular complexity index is 5470. The molecular formula is C82H87N19O6S2. The second-order valence-corrected chi connectivity index (χ2v) is 30.8. The number of likely N-dealkylation sites (N-methyl/N-ethyl adjacent to an activating group) is 1. The number of rotatable bonds is 18. The number of hydrazine groups is 1. The number of sulfone groups is 1. The lowest BCUT2D eigenvalue weighted by atomic mass is 10.1. The fourth-order valence-electron chi connectivity index (χ4n) is 14.0. The molecule has 18 rings (SSSR count). The van der Waals surface area contributed by atoms with Crippen molar-refractivity contribution in [3.8, 4) is 17.2 Å². The lowest BCUT2D eigenvalue weighted by Gasteiger charge is -2.32. The Morgan fingerprint density at radius 2 is 1.06 bits per heavy atom. The number of piperazine rings is 1. The molecule has 0 amide bonds. The summed E-state index contributed by atoms with van der Waals surface area (Å²) in [6.45, 7) is 6.31. The fourth-order valence-corrected chi connectivity index (χ4v) is 16.1. The van der Waals surface area contributed by atoms with Crippen molar-refractivity contribution >= 4 is 128 Å². The molecule has 2 unspecified atom stereocenters. The molecule has 558 valence electrons. The van der Waals surface area contributed by atoms with E-state index in [9.17, 15) is 18.6 Å². The normalized spacial score (nSPS) is 16.2. The maximum absolute atomic E-state index is 12.8. The number of fused-ring (bicyclic) bond motifs is 6. The van der Waals surface area contributed by atoms with Crippen LogP contribution in [-0.2, 0) is 22.0 Å². The van der Waals surface area contributed by atoms with Crippen LogP contribution in [0.4, 0.5) is 63.6 Å². The third-order valence-electron chi connectivity index (χ3n) is 19.7. The molecule has 7 heterocycles. The van der Waals surface area contributed by atoms with Crippen LogP contribution in [0, 0.1) is 6.92 Å². The van der Waals surface area contributed by atoms with Crippen molar-refractivity contribution in [1.82, 2.24) is 54.8 Å². The number of hydrogen-bond donors (Lipinski definition) is 9. The van der Waals surface area contributed by atoms with Crippen molar-refractivity contribution in [2.24, 2.45) is 0 Å². The number of ether oxygens (including phenoxy) is 2. The Morgan fingerprint density at radius 1 is 0.541 bits per heavy atom. The number of phenols is 1. The molecular weight excluding hydrogens is 1410 g/mol. The van der Waals surface area contributed by atoms with Crippen molar-refractivity contribution in [3.63, 3.8) is 0 Å². The number of aryl methyl sites for hydroxylation is 1. The first-order valence-corrected chi connectivity index (χ1v) is 39.4. The van der Waals surface area contributed by atoms with Crippen LogP contribution < -0.4 is 51.7 Å². The monoisotopic (exact) mass is 1500 g/mol. The second-order valence-electron chi connectivity index (χ2n) is 27.9. The van der Waals surface area contributed by atoms with Crippen molar-refractivity contribution in [2.75, 3.05) is 96.3 Å². The van der Waals surface area contributed by atoms with Gasteiger partial charge in [-0.05, 0) is 136 Å². The third kappa shape index (κ3) is 17.8. The average molecular weight is 1500 g/mol. The highest BCUT2D eigenvalue weighted by atomic mass is 32.2. The molecule has 3 fully saturated rings. The Morgan fingerprint density at radius 3 is 1.69 bits per heavy atom. The van der Waals surface area contributed by atoms with Crippen LogP contribution in [0.3, 0.4) is 0 Å². The van der Waals surface area contributed by atoms with Gasteiger partial charge in [0.05, 0.1) is 56.2 Å². The van der Waals surface area contributed by atoms with Gasteiger partial charge in [0, 0.05) is 97.5 Å². The smallest absolute Gasteiger partial charge is 0.231 e. The van der Waals surface area contributed by atoms with Crippen LogP contribution in [0.25, 0.3) is 43.6 Å². The highest BCUT2D eigenvalue weighted by Gasteiger charge is 2.32. The van der Waals surface area contributed by atoms with Gasteiger partial charge < -0.3 is 61.5 Å². The first-order chi connectivity index (χ1) is 53.1. The van der Waals surface area contributed by atoms with E-state index in [4.69, 9.17) is 24.4 Å². The number of nitrogens with zero attached hydrogens (tertiary/aromatic N) is 12. The molecule has 0 bridgehead atoms. The number of anilines is 11. The van der Waals surface area contributed by atoms with E-state index in [1.54, 1.807) is 47.8 Å². The molecule has 2 aliphatic heterocycles. The van der Waals surface area contributed by atoms with Gasteiger partial charge in [-0.2, -0.15) is 19.9 Å². The molecule has 2 atom stereocenters. The predicted molar refractivity (Wildman–Crippen MR) is 434 cm³/mol. The first-order valence-electron chi connectivity index (χ1n) is 36.9. The molecule has 25 nitrogen and oxygen atoms in total. The second kappa shape index (κ2) is 33.3. The zero-order valence-corrected chi connectivity index (χ0v) is 62.7. The van der Waals surface area contributed by atoms with Gasteiger partial charge in [-0.25, -0.2) is 38.3 Å². The van der Waals surface area contributed by atoms with Crippen LogP contribution in [0.1, 0.15) is 79.8 Å². The van der Waals surface area contributed by atoms with E-state index in [1.807, 2.05) is 147 Å². The van der Waals surface area contributed by atoms with Crippen LogP contribution in [0.15, 0.2) is 198 Å². The van der Waals surface area contributed by atoms with Crippen molar-refractivity contribution in [1.29, 1.82) is 0 Å². The Labute approximate surface area is 636 Å². The molecule has 27 heteroatoms. The molecule has 8 aromatic carbocycles. The van der Waals surface area contributed by atoms with E-state index in [0.29, 0.717) is 64.4 Å². The van der Waals surface area contributed by atoms with E-state index < -0.39 is 15.9 Å². The molecule has 0 spiro atoms. The van der Waals surface area contributed by atoms with Gasteiger partial charge in [-0.3, -0.25) is 5.32 Å². The minimum Gasteiger partial charge on any atom is -0.506 e. The summed E-state index contributed by atoms with van der Waals surface area (Å²) < 4.78 is 36.4. The largest absolute Gasteiger partial charge is 0.506 e. The van der Waals surface area contributed by atoms with Gasteiger partial charge >= 0.3 is 0 Å². The molecule has 109 heavy (non-hydrogen) atoms. The summed E-state index contributed by atoms with van der Waals surface area (Å²) in [5.41, 5.74) is 11.8. The maximum atomic E-state index is 12.8. The highest BCUT2D eigenvalue weighted by Crippen LogP contribution is 2.39. The molecule has 0 radical (unpaired) electrons. The number of benzene rings is 8. The van der Waals surface area contributed by atoms with E-state index in [1.165, 1.54) is 62.7 Å². The summed E-state index contributed by atoms with van der Waals surface area (Å²) in [6, 6.07) is 60.2. The molecule has 5 aliphatic rings. The Hall–Kier alpha value is -11.6. The fraction of sp³-hybridized carbons (Fsp3) is 0.280. The number of nitrogens with one attached hydrogen (secondary N) is 7. The standard InChI is InChI=1S/C28H25N5O3S2.C19H20N4O.C18H25N5.C17H17N5O2/c1-17-10-12-20(13-11-17)38(35,36)16-19-15-37-28(29-19)33-27-30-23-9-5-4-8-22(23)26(32-27)31-25-21-7-3-2-6-18(21)14-24(25)34;24-17-12-6-5-11-16(17)22-19-21-15-10-4-3-9-14(15)18(23-19)20-13-7-1-2-8-13;1-22-10-12-23(13-11-22)18-20-16-9-5-4-8-15(16)17(21-18)19-14-6-2-3-7-14;1-22(2)21-16-12-5-3-4-6-13(12)19-17(20-16)18-11-7-8-14-15(9-11)24-10-23-14/h2-13,15,24-25,34H,14,16H2,1H3,(H2,29,30,31,32,33);3-6,9-13,24H,1-2,7-8H2,(H2,20,21,22,23);4-5,8-9,14H,2-3,6-7,10-13H2,1H3,(H,19,20,21);3-9H,10H2,1-2H3,(H2,18,19,20,21). The van der Waals surface area contributed by atoms with Gasteiger partial charge in [0.15, 0.2) is 32.3 Å². The van der Waals surface area contributed by atoms with Gasteiger partial charge in [-0.15, -0.1) is 11.3 Å². The van der Waals surface area contributed by atoms with Crippen molar-refractivity contribution in [3.05, 3.63) is 216 Å². The summed E-state index contributed by atoms with van der Waals surface area (Å²) in [7, 11) is 2.49. The van der Waals surface area contributed by atoms with Crippen LogP contribution >= 0.6 is 11.3 Å². The number of phenolic OH excluding ortho intramolecular Hbond substituents is 1. The van der Waals surface area contributed by atoms with Gasteiger partial charge in [0.1, 0.15) is 23.2 Å². The van der Waals surface area contributed by atoms with Crippen LogP contribution in [-0.4, -0.2) is 146 Å². The van der Waals surface area contributed by atoms with Crippen molar-refractivity contribution < 1.29 is 28.1 Å². The molecule has 2 saturated carbocycles. The first kappa shape index (κ1) is 72.9. The lowest BCUT2D eigenvalue weighted by Crippen LogP contribution is -2.45. The Kier molecular flexibility index (Phi) is 22.2. The number of hydrogen-bond acceptors (Lipinski definition) is 26. The quantitative estimate of drug-likeness (QED) is 0.0285. The van der Waals surface area contributed by atoms with Crippen LogP contribution in [0.2, 0.25) is 0 Å². The summed E-state index contributed by atoms with van der Waals surface area (Å²) in [5.74, 6) is 6.84. The number of aromatic nitrogens is 9. The molecule has 9 N–H and O–H groups in total. The van der Waals surface area contributed by atoms with Gasteiger partial charge in [0.25, 0.3) is 0 Å². The van der Waals surface area contributed by atoms with Crippen LogP contribution in [0.5, 0.6) is 17.2 Å². The topological polar surface area (TPSA) is 303 Å². The Balaban J connectivity index is 0.000000119. The van der Waals surface area contributed by atoms with E-state index in [0.717, 1.165) is 121 Å². The minimum atomic E-state index is -3.52. The van der Waals surface area contributed by atoms with Gasteiger partial charge in [-0.1, -0.05) is 128 Å². The van der Waals surface area contributed by atoms with E-state index in [2.05, 4.69) is 108 Å². The maximum Gasteiger partial charge on any atom is 0.231 e. The zero-order valence-electron chi connectivity index (χ0n) is 61.1. The summed E-state index contributed by atoms with van der Waals surface area (Å²) in [4.78, 5) is 46.9. The number of aliphatic hydroxyl groups excluding tert-OH is 1. The number of thiazole rings is 1. The van der Waals surface area contributed by atoms with Gasteiger partial charge in [0.2, 0.25) is 30.6 Å². The lowest BCUT2D eigenvalue weighted by molar-refractivity contribution is 0.165. The summed E-state index contributed by atoms with van der Waals surface area (Å²) in [6.07, 6.45) is 10.1. The summed E-state index contributed by atoms with van der Waals surface area (Å²) >= 11 is 1.29. The highest BCUT2D eigenvalue weighted by molar-refractivity contribution is 7.90. The number of aliphatic hydroxyl groups is 1. The van der Waals surface area contributed by atoms with Crippen molar-refractivity contribution in [2.45, 2.75) is 99.6 Å². The summed E-state index contributed by atoms with van der Waals surface area (Å²) in [5, 5.41) is 48.9. The minimum absolute atomic E-state index is 0.180. The molecule has 13 aromatic rings. The van der Waals surface area contributed by atoms with E-state index >= 15 is 0 Å². The third-order valence-corrected chi connectivity index (χ3v) is 22.1. The zero-order chi connectivity index (χ0) is 74.8. The molecule has 5 aromatic heterocycles. The number of aromatic hydroxyl groups is 1. The number of para-hydroxylation sites is 6. The predicted octanol–water partition coefficient (Wildman–Crippen LogP) is 15.3. The average Bonchev–Trinajstić information content (AvgIpc) is 1.36. The molecule has 3 aliphatic carbocycles.